The largest absolute Gasteiger partial charge is 0.477 e. The Labute approximate surface area is 94.8 Å². The minimum atomic E-state index is 0.608. The van der Waals surface area contributed by atoms with E-state index in [0.29, 0.717) is 16.8 Å². The Morgan fingerprint density at radius 2 is 2.47 bits per heavy atom. The van der Waals surface area contributed by atoms with Crippen LogP contribution in [0.2, 0.25) is 5.02 Å². The number of rotatable bonds is 3. The van der Waals surface area contributed by atoms with Gasteiger partial charge in [0.25, 0.3) is 0 Å². The first kappa shape index (κ1) is 10.7. The van der Waals surface area contributed by atoms with Crippen LogP contribution < -0.4 is 10.1 Å². The second-order valence-electron chi connectivity index (χ2n) is 3.84. The molecule has 0 aromatic carbocycles. The number of nitrogens with zero attached hydrogens (tertiary/aromatic N) is 1. The molecule has 1 aliphatic heterocycles. The number of hydrogen-bond donors (Lipinski definition) is 1. The van der Waals surface area contributed by atoms with Crippen molar-refractivity contribution in [2.24, 2.45) is 5.92 Å². The lowest BCUT2D eigenvalue weighted by Gasteiger charge is -2.22. The maximum Gasteiger partial charge on any atom is 0.213 e. The van der Waals surface area contributed by atoms with E-state index in [1.807, 2.05) is 0 Å². The number of pyridine rings is 1. The van der Waals surface area contributed by atoms with E-state index in [0.717, 1.165) is 19.7 Å². The Kier molecular flexibility index (Phi) is 3.80. The molecule has 1 atom stereocenters. The van der Waals surface area contributed by atoms with E-state index >= 15 is 0 Å². The van der Waals surface area contributed by atoms with Gasteiger partial charge in [-0.05, 0) is 25.5 Å². The molecular weight excluding hydrogens is 212 g/mol. The molecule has 1 aromatic heterocycles. The molecule has 0 amide bonds. The molecule has 1 aromatic rings. The van der Waals surface area contributed by atoms with Crippen molar-refractivity contribution in [2.75, 3.05) is 19.7 Å². The van der Waals surface area contributed by atoms with Crippen LogP contribution in [0.15, 0.2) is 18.3 Å². The fourth-order valence-corrected chi connectivity index (χ4v) is 1.83. The summed E-state index contributed by atoms with van der Waals surface area (Å²) in [6.45, 7) is 2.92. The van der Waals surface area contributed by atoms with Crippen LogP contribution in [0.25, 0.3) is 0 Å². The van der Waals surface area contributed by atoms with Crippen molar-refractivity contribution >= 4 is 11.6 Å². The third-order valence-corrected chi connectivity index (χ3v) is 2.79. The van der Waals surface area contributed by atoms with E-state index < -0.39 is 0 Å². The van der Waals surface area contributed by atoms with Crippen molar-refractivity contribution in [1.82, 2.24) is 10.3 Å². The molecule has 0 aliphatic carbocycles. The highest BCUT2D eigenvalue weighted by molar-refractivity contribution is 6.30. The van der Waals surface area contributed by atoms with E-state index in [1.54, 1.807) is 18.3 Å². The number of halogens is 1. The fourth-order valence-electron chi connectivity index (χ4n) is 1.72. The first-order chi connectivity index (χ1) is 7.34. The zero-order valence-corrected chi connectivity index (χ0v) is 9.33. The summed E-state index contributed by atoms with van der Waals surface area (Å²) in [5.74, 6) is 1.27. The molecule has 2 rings (SSSR count). The average Bonchev–Trinajstić information content (AvgIpc) is 2.30. The first-order valence-corrected chi connectivity index (χ1v) is 5.67. The highest BCUT2D eigenvalue weighted by atomic mass is 35.5. The third-order valence-electron chi connectivity index (χ3n) is 2.57. The Morgan fingerprint density at radius 3 is 3.13 bits per heavy atom. The highest BCUT2D eigenvalue weighted by Gasteiger charge is 2.13. The Hall–Kier alpha value is -0.800. The summed E-state index contributed by atoms with van der Waals surface area (Å²) >= 11 is 5.73. The smallest absolute Gasteiger partial charge is 0.213 e. The molecule has 0 bridgehead atoms. The molecule has 1 aliphatic rings. The number of ether oxygens (including phenoxy) is 1. The standard InChI is InChI=1S/C11H15ClN2O/c12-10-3-4-11(14-7-10)15-8-9-2-1-5-13-6-9/h3-4,7,9,13H,1-2,5-6,8H2/t9-/m0/s1. The minimum absolute atomic E-state index is 0.608. The summed E-state index contributed by atoms with van der Waals surface area (Å²) in [4.78, 5) is 4.09. The van der Waals surface area contributed by atoms with Gasteiger partial charge in [-0.1, -0.05) is 11.6 Å². The Bertz CT molecular complexity index is 296. The van der Waals surface area contributed by atoms with Gasteiger partial charge in [-0.3, -0.25) is 0 Å². The van der Waals surface area contributed by atoms with E-state index in [-0.39, 0.29) is 0 Å². The van der Waals surface area contributed by atoms with Crippen molar-refractivity contribution in [3.63, 3.8) is 0 Å². The van der Waals surface area contributed by atoms with Crippen molar-refractivity contribution in [3.05, 3.63) is 23.4 Å². The maximum atomic E-state index is 5.73. The third kappa shape index (κ3) is 3.36. The predicted octanol–water partition coefficient (Wildman–Crippen LogP) is 2.11. The molecule has 1 fully saturated rings. The molecule has 2 heterocycles. The number of hydrogen-bond acceptors (Lipinski definition) is 3. The lowest BCUT2D eigenvalue weighted by molar-refractivity contribution is 0.212. The quantitative estimate of drug-likeness (QED) is 0.857. The lowest BCUT2D eigenvalue weighted by Crippen LogP contribution is -2.33. The van der Waals surface area contributed by atoms with E-state index in [4.69, 9.17) is 16.3 Å². The fraction of sp³-hybridized carbons (Fsp3) is 0.545. The van der Waals surface area contributed by atoms with E-state index in [1.165, 1.54) is 12.8 Å². The molecule has 4 heteroatoms. The topological polar surface area (TPSA) is 34.1 Å². The minimum Gasteiger partial charge on any atom is -0.477 e. The van der Waals surface area contributed by atoms with Crippen molar-refractivity contribution in [3.8, 4) is 5.88 Å². The molecule has 3 nitrogen and oxygen atoms in total. The number of nitrogens with one attached hydrogen (secondary N) is 1. The van der Waals surface area contributed by atoms with Crippen LogP contribution in [-0.2, 0) is 0 Å². The van der Waals surface area contributed by atoms with E-state index in [2.05, 4.69) is 10.3 Å². The number of piperidine rings is 1. The molecule has 0 spiro atoms. The van der Waals surface area contributed by atoms with Crippen LogP contribution in [-0.4, -0.2) is 24.7 Å². The number of aromatic nitrogens is 1. The lowest BCUT2D eigenvalue weighted by atomic mass is 10.0. The van der Waals surface area contributed by atoms with E-state index in [9.17, 15) is 0 Å². The first-order valence-electron chi connectivity index (χ1n) is 5.29. The van der Waals surface area contributed by atoms with Crippen molar-refractivity contribution in [2.45, 2.75) is 12.8 Å². The normalized spacial score (nSPS) is 21.3. The van der Waals surface area contributed by atoms with Crippen molar-refractivity contribution < 1.29 is 4.74 Å². The summed E-state index contributed by atoms with van der Waals surface area (Å²) in [5.41, 5.74) is 0. The molecule has 15 heavy (non-hydrogen) atoms. The van der Waals surface area contributed by atoms with Gasteiger partial charge in [-0.2, -0.15) is 0 Å². The van der Waals surface area contributed by atoms with Gasteiger partial charge >= 0.3 is 0 Å². The van der Waals surface area contributed by atoms with Crippen LogP contribution in [0.4, 0.5) is 0 Å². The predicted molar refractivity (Wildman–Crippen MR) is 60.3 cm³/mol. The Balaban J connectivity index is 1.79. The van der Waals surface area contributed by atoms with Crippen LogP contribution >= 0.6 is 11.6 Å². The van der Waals surface area contributed by atoms with Crippen molar-refractivity contribution in [1.29, 1.82) is 0 Å². The summed E-state index contributed by atoms with van der Waals surface area (Å²) in [6.07, 6.45) is 4.08. The Morgan fingerprint density at radius 1 is 1.53 bits per heavy atom. The van der Waals surface area contributed by atoms with Gasteiger partial charge in [-0.15, -0.1) is 0 Å². The molecule has 1 saturated heterocycles. The zero-order chi connectivity index (χ0) is 10.5. The molecule has 1 N–H and O–H groups in total. The zero-order valence-electron chi connectivity index (χ0n) is 8.58. The van der Waals surface area contributed by atoms with Crippen LogP contribution in [0.5, 0.6) is 5.88 Å². The summed E-state index contributed by atoms with van der Waals surface area (Å²) < 4.78 is 5.59. The average molecular weight is 227 g/mol. The molecule has 0 saturated carbocycles. The summed E-state index contributed by atoms with van der Waals surface area (Å²) in [6, 6.07) is 3.60. The second-order valence-corrected chi connectivity index (χ2v) is 4.27. The molecule has 82 valence electrons. The SMILES string of the molecule is Clc1ccc(OC[C@H]2CCCNC2)nc1. The molecular formula is C11H15ClN2O. The monoisotopic (exact) mass is 226 g/mol. The van der Waals surface area contributed by atoms with Gasteiger partial charge in [-0.25, -0.2) is 4.98 Å². The van der Waals surface area contributed by atoms with Gasteiger partial charge in [0.15, 0.2) is 0 Å². The molecule has 0 unspecified atom stereocenters. The van der Waals surface area contributed by atoms with Gasteiger partial charge in [0.1, 0.15) is 0 Å². The van der Waals surface area contributed by atoms with Gasteiger partial charge in [0.05, 0.1) is 11.6 Å². The second kappa shape index (κ2) is 5.33. The maximum absolute atomic E-state index is 5.73. The summed E-state index contributed by atoms with van der Waals surface area (Å²) in [5, 5.41) is 4.00. The molecule has 0 radical (unpaired) electrons. The van der Waals surface area contributed by atoms with Crippen LogP contribution in [0, 0.1) is 5.92 Å². The van der Waals surface area contributed by atoms with Gasteiger partial charge < -0.3 is 10.1 Å². The van der Waals surface area contributed by atoms with Crippen LogP contribution in [0.3, 0.4) is 0 Å². The highest BCUT2D eigenvalue weighted by Crippen LogP contribution is 2.14. The summed E-state index contributed by atoms with van der Waals surface area (Å²) in [7, 11) is 0. The van der Waals surface area contributed by atoms with Crippen LogP contribution in [0.1, 0.15) is 12.8 Å². The van der Waals surface area contributed by atoms with Gasteiger partial charge in [0, 0.05) is 24.7 Å². The van der Waals surface area contributed by atoms with Gasteiger partial charge in [0.2, 0.25) is 5.88 Å².